The minimum absolute atomic E-state index is 0.0380. The fourth-order valence-corrected chi connectivity index (χ4v) is 2.12. The van der Waals surface area contributed by atoms with Crippen molar-refractivity contribution in [1.82, 2.24) is 4.98 Å². The summed E-state index contributed by atoms with van der Waals surface area (Å²) in [7, 11) is 0. The lowest BCUT2D eigenvalue weighted by Gasteiger charge is -2.07. The number of nitrogens with one attached hydrogen (secondary N) is 1. The second-order valence-corrected chi connectivity index (χ2v) is 4.79. The van der Waals surface area contributed by atoms with E-state index in [1.807, 2.05) is 0 Å². The Morgan fingerprint density at radius 2 is 2.04 bits per heavy atom. The maximum Gasteiger partial charge on any atom is 0.291 e. The van der Waals surface area contributed by atoms with E-state index in [1.165, 1.54) is 30.6 Å². The van der Waals surface area contributed by atoms with Crippen LogP contribution in [0.4, 0.5) is 10.1 Å². The highest BCUT2D eigenvalue weighted by atomic mass is 19.1. The van der Waals surface area contributed by atoms with Crippen LogP contribution in [0.5, 0.6) is 0 Å². The second-order valence-electron chi connectivity index (χ2n) is 4.79. The van der Waals surface area contributed by atoms with Crippen molar-refractivity contribution in [2.24, 2.45) is 0 Å². The van der Waals surface area contributed by atoms with Crippen molar-refractivity contribution in [3.05, 3.63) is 72.0 Å². The maximum absolute atomic E-state index is 13.7. The number of carbonyl (C=O) groups is 1. The molecular formula is C17H13FN2O3. The van der Waals surface area contributed by atoms with E-state index in [9.17, 15) is 14.3 Å². The van der Waals surface area contributed by atoms with E-state index in [4.69, 9.17) is 4.42 Å². The highest BCUT2D eigenvalue weighted by Crippen LogP contribution is 2.25. The van der Waals surface area contributed by atoms with E-state index in [0.29, 0.717) is 11.3 Å². The van der Waals surface area contributed by atoms with Gasteiger partial charge >= 0.3 is 0 Å². The zero-order valence-electron chi connectivity index (χ0n) is 12.0. The number of hydrogen-bond donors (Lipinski definition) is 2. The monoisotopic (exact) mass is 312 g/mol. The zero-order valence-corrected chi connectivity index (χ0v) is 12.0. The van der Waals surface area contributed by atoms with Crippen LogP contribution in [0.1, 0.15) is 16.1 Å². The zero-order chi connectivity index (χ0) is 16.2. The molecule has 0 saturated heterocycles. The Morgan fingerprint density at radius 1 is 1.22 bits per heavy atom. The molecule has 1 amide bonds. The maximum atomic E-state index is 13.7. The first-order valence-corrected chi connectivity index (χ1v) is 6.89. The van der Waals surface area contributed by atoms with Gasteiger partial charge in [-0.15, -0.1) is 0 Å². The Bertz CT molecular complexity index is 845. The van der Waals surface area contributed by atoms with Gasteiger partial charge < -0.3 is 14.8 Å². The van der Waals surface area contributed by atoms with Crippen LogP contribution in [0.25, 0.3) is 11.3 Å². The third-order valence-corrected chi connectivity index (χ3v) is 3.30. The van der Waals surface area contributed by atoms with Crippen molar-refractivity contribution in [2.45, 2.75) is 6.61 Å². The molecule has 3 aromatic rings. The lowest BCUT2D eigenvalue weighted by atomic mass is 10.1. The van der Waals surface area contributed by atoms with Gasteiger partial charge in [-0.3, -0.25) is 9.78 Å². The number of benzene rings is 1. The average Bonchev–Trinajstić information content (AvgIpc) is 3.05. The molecule has 2 N–H and O–H groups in total. The third-order valence-electron chi connectivity index (χ3n) is 3.30. The SMILES string of the molecule is O=C(Nc1cnccc1CO)c1ccc(-c2ccccc2F)o1. The van der Waals surface area contributed by atoms with Crippen molar-refractivity contribution in [1.29, 1.82) is 0 Å². The first kappa shape index (κ1) is 14.9. The first-order chi connectivity index (χ1) is 11.2. The number of anilines is 1. The van der Waals surface area contributed by atoms with Crippen molar-refractivity contribution < 1.29 is 18.7 Å². The van der Waals surface area contributed by atoms with Crippen LogP contribution in [0.15, 0.2) is 59.3 Å². The summed E-state index contributed by atoms with van der Waals surface area (Å²) in [5.41, 5.74) is 1.21. The Balaban J connectivity index is 1.83. The molecule has 0 aliphatic heterocycles. The standard InChI is InChI=1S/C17H13FN2O3/c18-13-4-2-1-3-12(13)15-5-6-16(23-15)17(22)20-14-9-19-8-7-11(14)10-21/h1-9,21H,10H2,(H,20,22). The Morgan fingerprint density at radius 3 is 2.83 bits per heavy atom. The second kappa shape index (κ2) is 6.41. The molecule has 116 valence electrons. The first-order valence-electron chi connectivity index (χ1n) is 6.89. The summed E-state index contributed by atoms with van der Waals surface area (Å²) in [6.07, 6.45) is 2.95. The van der Waals surface area contributed by atoms with Crippen LogP contribution in [-0.4, -0.2) is 16.0 Å². The molecular weight excluding hydrogens is 299 g/mol. The molecule has 0 bridgehead atoms. The van der Waals surface area contributed by atoms with E-state index in [0.717, 1.165) is 0 Å². The third kappa shape index (κ3) is 3.12. The molecule has 3 rings (SSSR count). The summed E-state index contributed by atoms with van der Waals surface area (Å²) in [5.74, 6) is -0.628. The quantitative estimate of drug-likeness (QED) is 0.775. The summed E-state index contributed by atoms with van der Waals surface area (Å²) >= 11 is 0. The average molecular weight is 312 g/mol. The van der Waals surface area contributed by atoms with E-state index in [2.05, 4.69) is 10.3 Å². The molecule has 0 unspecified atom stereocenters. The molecule has 0 spiro atoms. The number of rotatable bonds is 4. The lowest BCUT2D eigenvalue weighted by Crippen LogP contribution is -2.12. The Kier molecular flexibility index (Phi) is 4.16. The summed E-state index contributed by atoms with van der Waals surface area (Å²) in [5, 5.41) is 11.8. The molecule has 0 saturated carbocycles. The van der Waals surface area contributed by atoms with Gasteiger partial charge in [0.1, 0.15) is 11.6 Å². The van der Waals surface area contributed by atoms with Gasteiger partial charge in [0.2, 0.25) is 0 Å². The number of carbonyl (C=O) groups excluding carboxylic acids is 1. The van der Waals surface area contributed by atoms with Crippen LogP contribution in [0.3, 0.4) is 0 Å². The van der Waals surface area contributed by atoms with Gasteiger partial charge in [-0.1, -0.05) is 12.1 Å². The van der Waals surface area contributed by atoms with E-state index >= 15 is 0 Å². The molecule has 2 heterocycles. The van der Waals surface area contributed by atoms with Crippen LogP contribution >= 0.6 is 0 Å². The fourth-order valence-electron chi connectivity index (χ4n) is 2.12. The Labute approximate surface area is 131 Å². The minimum Gasteiger partial charge on any atom is -0.451 e. The lowest BCUT2D eigenvalue weighted by molar-refractivity contribution is 0.0997. The number of aromatic nitrogens is 1. The smallest absolute Gasteiger partial charge is 0.291 e. The topological polar surface area (TPSA) is 75.4 Å². The number of amides is 1. The van der Waals surface area contributed by atoms with Crippen molar-refractivity contribution in [3.8, 4) is 11.3 Å². The van der Waals surface area contributed by atoms with Gasteiger partial charge in [-0.05, 0) is 30.3 Å². The number of aliphatic hydroxyl groups is 1. The van der Waals surface area contributed by atoms with Crippen LogP contribution in [-0.2, 0) is 6.61 Å². The molecule has 0 radical (unpaired) electrons. The van der Waals surface area contributed by atoms with Crippen LogP contribution in [0.2, 0.25) is 0 Å². The molecule has 5 nitrogen and oxygen atoms in total. The number of pyridine rings is 1. The Hall–Kier alpha value is -2.99. The summed E-state index contributed by atoms with van der Waals surface area (Å²) < 4.78 is 19.2. The summed E-state index contributed by atoms with van der Waals surface area (Å²) in [6.45, 7) is -0.225. The van der Waals surface area contributed by atoms with Gasteiger partial charge in [0, 0.05) is 11.8 Å². The molecule has 1 aromatic carbocycles. The molecule has 23 heavy (non-hydrogen) atoms. The van der Waals surface area contributed by atoms with Crippen molar-refractivity contribution in [3.63, 3.8) is 0 Å². The van der Waals surface area contributed by atoms with Crippen LogP contribution < -0.4 is 5.32 Å². The molecule has 6 heteroatoms. The normalized spacial score (nSPS) is 10.5. The highest BCUT2D eigenvalue weighted by Gasteiger charge is 2.15. The van der Waals surface area contributed by atoms with E-state index in [-0.39, 0.29) is 23.7 Å². The number of hydrogen-bond acceptors (Lipinski definition) is 4. The largest absolute Gasteiger partial charge is 0.451 e. The van der Waals surface area contributed by atoms with Gasteiger partial charge in [0.25, 0.3) is 5.91 Å². The molecule has 0 aliphatic rings. The van der Waals surface area contributed by atoms with Gasteiger partial charge in [-0.2, -0.15) is 0 Å². The minimum atomic E-state index is -0.504. The van der Waals surface area contributed by atoms with E-state index < -0.39 is 11.7 Å². The molecule has 2 aromatic heterocycles. The van der Waals surface area contributed by atoms with Gasteiger partial charge in [0.15, 0.2) is 5.76 Å². The fraction of sp³-hybridized carbons (Fsp3) is 0.0588. The summed E-state index contributed by atoms with van der Waals surface area (Å²) in [4.78, 5) is 16.1. The molecule has 0 aliphatic carbocycles. The highest BCUT2D eigenvalue weighted by molar-refractivity contribution is 6.02. The van der Waals surface area contributed by atoms with Crippen molar-refractivity contribution in [2.75, 3.05) is 5.32 Å². The molecule has 0 fully saturated rings. The van der Waals surface area contributed by atoms with Gasteiger partial charge in [0.05, 0.1) is 24.1 Å². The number of halogens is 1. The van der Waals surface area contributed by atoms with Gasteiger partial charge in [-0.25, -0.2) is 4.39 Å². The van der Waals surface area contributed by atoms with Crippen molar-refractivity contribution >= 4 is 11.6 Å². The predicted octanol–water partition coefficient (Wildman–Crippen LogP) is 3.23. The number of aliphatic hydroxyl groups excluding tert-OH is 1. The summed E-state index contributed by atoms with van der Waals surface area (Å²) in [6, 6.07) is 10.7. The molecule has 0 atom stereocenters. The number of furan rings is 1. The van der Waals surface area contributed by atoms with Crippen LogP contribution in [0, 0.1) is 5.82 Å². The predicted molar refractivity (Wildman–Crippen MR) is 82.2 cm³/mol. The van der Waals surface area contributed by atoms with E-state index in [1.54, 1.807) is 24.3 Å². The number of nitrogens with zero attached hydrogens (tertiary/aromatic N) is 1.